The molecule has 0 aliphatic carbocycles. The van der Waals surface area contributed by atoms with Crippen molar-refractivity contribution in [1.29, 1.82) is 0 Å². The van der Waals surface area contributed by atoms with Crippen molar-refractivity contribution >= 4 is 34.2 Å². The molecule has 0 amide bonds. The number of aliphatic carboxylic acids is 1. The third-order valence-corrected chi connectivity index (χ3v) is 8.27. The molecule has 7 heteroatoms. The first-order chi connectivity index (χ1) is 26.7. The van der Waals surface area contributed by atoms with Gasteiger partial charge in [-0.3, -0.25) is 0 Å². The van der Waals surface area contributed by atoms with Crippen molar-refractivity contribution in [2.45, 2.75) is 92.3 Å². The van der Waals surface area contributed by atoms with Crippen LogP contribution >= 0.6 is 0 Å². The molecule has 1 fully saturated rings. The molecule has 1 N–H and O–H groups in total. The van der Waals surface area contributed by atoms with E-state index < -0.39 is 5.97 Å². The number of benzene rings is 4. The van der Waals surface area contributed by atoms with Crippen molar-refractivity contribution in [3.8, 4) is 11.5 Å². The van der Waals surface area contributed by atoms with E-state index in [-0.39, 0.29) is 23.8 Å². The average Bonchev–Trinajstić information content (AvgIpc) is 3.76. The van der Waals surface area contributed by atoms with Crippen LogP contribution in [0.5, 0.6) is 11.5 Å². The summed E-state index contributed by atoms with van der Waals surface area (Å²) in [5.41, 5.74) is 5.58. The summed E-state index contributed by atoms with van der Waals surface area (Å²) < 4.78 is 22.0. The number of carbonyl (C=O) groups is 2. The van der Waals surface area contributed by atoms with E-state index in [2.05, 4.69) is 6.58 Å². The Morgan fingerprint density at radius 2 is 1.02 bits per heavy atom. The average molecular weight is 761 g/mol. The molecule has 0 unspecified atom stereocenters. The van der Waals surface area contributed by atoms with Crippen molar-refractivity contribution in [3.63, 3.8) is 0 Å². The van der Waals surface area contributed by atoms with Crippen LogP contribution in [-0.4, -0.2) is 48.1 Å². The number of hydrogen-bond donors (Lipinski definition) is 1. The molecule has 0 radical (unpaired) electrons. The first kappa shape index (κ1) is 45.0. The van der Waals surface area contributed by atoms with Crippen molar-refractivity contribution in [1.82, 2.24) is 0 Å². The molecular formula is C49H60O7. The molecule has 4 aromatic carbocycles. The van der Waals surface area contributed by atoms with Crippen LogP contribution < -0.4 is 9.47 Å². The number of hydrogen-bond acceptors (Lipinski definition) is 6. The lowest BCUT2D eigenvalue weighted by Crippen LogP contribution is -2.22. The SMILES string of the molecule is C1CCOC1.C=CCOC(=O)C(=C(CC)c1ccccc1)c1ccc(OC(C)(C)C)cc1.CCC(=C(C(=O)O)c1ccc(OC(C)(C)C)cc1)c1ccccc1. The molecule has 1 aliphatic heterocycles. The number of ether oxygens (including phenoxy) is 4. The lowest BCUT2D eigenvalue weighted by molar-refractivity contribution is -0.135. The smallest absolute Gasteiger partial charge is 0.339 e. The third kappa shape index (κ3) is 15.0. The fourth-order valence-electron chi connectivity index (χ4n) is 5.97. The minimum Gasteiger partial charge on any atom is -0.488 e. The normalized spacial score (nSPS) is 13.4. The molecule has 1 saturated heterocycles. The lowest BCUT2D eigenvalue weighted by atomic mass is 9.93. The number of carboxylic acids is 1. The van der Waals surface area contributed by atoms with Gasteiger partial charge in [-0.05, 0) is 125 Å². The zero-order valence-electron chi connectivity index (χ0n) is 34.5. The number of carbonyl (C=O) groups excluding carboxylic acids is 1. The van der Waals surface area contributed by atoms with Gasteiger partial charge in [-0.1, -0.05) is 111 Å². The van der Waals surface area contributed by atoms with Gasteiger partial charge in [0, 0.05) is 13.2 Å². The summed E-state index contributed by atoms with van der Waals surface area (Å²) in [4.78, 5) is 24.7. The number of rotatable bonds is 12. The minimum absolute atomic E-state index is 0.180. The first-order valence-electron chi connectivity index (χ1n) is 19.4. The van der Waals surface area contributed by atoms with Gasteiger partial charge in [-0.15, -0.1) is 0 Å². The number of esters is 1. The molecule has 7 nitrogen and oxygen atoms in total. The molecule has 56 heavy (non-hydrogen) atoms. The first-order valence-corrected chi connectivity index (χ1v) is 19.4. The van der Waals surface area contributed by atoms with Crippen LogP contribution in [0.1, 0.15) is 103 Å². The summed E-state index contributed by atoms with van der Waals surface area (Å²) >= 11 is 0. The van der Waals surface area contributed by atoms with Gasteiger partial charge in [0.15, 0.2) is 0 Å². The molecule has 5 rings (SSSR count). The van der Waals surface area contributed by atoms with Crippen LogP contribution in [0.25, 0.3) is 22.3 Å². The Morgan fingerprint density at radius 1 is 0.625 bits per heavy atom. The maximum absolute atomic E-state index is 12.8. The summed E-state index contributed by atoms with van der Waals surface area (Å²) in [7, 11) is 0. The summed E-state index contributed by atoms with van der Waals surface area (Å²) in [5.74, 6) is 0.233. The highest BCUT2D eigenvalue weighted by molar-refractivity contribution is 6.25. The fraction of sp³-hybridized carbons (Fsp3) is 0.347. The van der Waals surface area contributed by atoms with Crippen molar-refractivity contribution in [2.75, 3.05) is 19.8 Å². The van der Waals surface area contributed by atoms with Crippen LogP contribution in [0.4, 0.5) is 0 Å². The van der Waals surface area contributed by atoms with E-state index in [1.165, 1.54) is 12.8 Å². The van der Waals surface area contributed by atoms with Gasteiger partial charge in [0.25, 0.3) is 0 Å². The van der Waals surface area contributed by atoms with Gasteiger partial charge in [0.05, 0.1) is 11.1 Å². The van der Waals surface area contributed by atoms with Gasteiger partial charge in [-0.25, -0.2) is 9.59 Å². The zero-order valence-corrected chi connectivity index (χ0v) is 34.5. The molecule has 298 valence electrons. The Kier molecular flexibility index (Phi) is 17.9. The van der Waals surface area contributed by atoms with E-state index in [9.17, 15) is 14.7 Å². The van der Waals surface area contributed by atoms with Crippen molar-refractivity contribution in [3.05, 3.63) is 144 Å². The van der Waals surface area contributed by atoms with E-state index in [0.717, 1.165) is 52.5 Å². The number of allylic oxidation sites excluding steroid dienone is 2. The predicted molar refractivity (Wildman–Crippen MR) is 230 cm³/mol. The Bertz CT molecular complexity index is 1860. The molecule has 1 aliphatic rings. The lowest BCUT2D eigenvalue weighted by Gasteiger charge is -2.21. The maximum Gasteiger partial charge on any atom is 0.339 e. The van der Waals surface area contributed by atoms with Crippen LogP contribution in [0, 0.1) is 0 Å². The van der Waals surface area contributed by atoms with Crippen LogP contribution in [0.15, 0.2) is 122 Å². The van der Waals surface area contributed by atoms with Crippen molar-refractivity contribution in [2.24, 2.45) is 0 Å². The third-order valence-electron chi connectivity index (χ3n) is 8.27. The summed E-state index contributed by atoms with van der Waals surface area (Å²) in [6, 6.07) is 34.4. The molecule has 0 spiro atoms. The largest absolute Gasteiger partial charge is 0.488 e. The molecule has 0 atom stereocenters. The van der Waals surface area contributed by atoms with E-state index in [1.54, 1.807) is 6.08 Å². The highest BCUT2D eigenvalue weighted by Gasteiger charge is 2.21. The highest BCUT2D eigenvalue weighted by atomic mass is 16.5. The van der Waals surface area contributed by atoms with Gasteiger partial charge >= 0.3 is 11.9 Å². The van der Waals surface area contributed by atoms with Crippen molar-refractivity contribution < 1.29 is 33.6 Å². The van der Waals surface area contributed by atoms with Gasteiger partial charge < -0.3 is 24.1 Å². The zero-order chi connectivity index (χ0) is 41.1. The molecule has 0 aromatic heterocycles. The Balaban J connectivity index is 0.000000267. The Labute approximate surface area is 334 Å². The van der Waals surface area contributed by atoms with Gasteiger partial charge in [0.2, 0.25) is 0 Å². The second-order valence-electron chi connectivity index (χ2n) is 15.1. The molecule has 4 aromatic rings. The van der Waals surface area contributed by atoms with E-state index in [0.29, 0.717) is 29.6 Å². The van der Waals surface area contributed by atoms with Crippen LogP contribution in [0.3, 0.4) is 0 Å². The second-order valence-corrected chi connectivity index (χ2v) is 15.1. The highest BCUT2D eigenvalue weighted by Crippen LogP contribution is 2.33. The van der Waals surface area contributed by atoms with Gasteiger partial charge in [-0.2, -0.15) is 0 Å². The molecular weight excluding hydrogens is 701 g/mol. The molecule has 1 heterocycles. The quantitative estimate of drug-likeness (QED) is 0.0665. The summed E-state index contributed by atoms with van der Waals surface area (Å²) in [6.45, 7) is 21.8. The maximum atomic E-state index is 12.8. The van der Waals surface area contributed by atoms with Crippen LogP contribution in [-0.2, 0) is 19.1 Å². The summed E-state index contributed by atoms with van der Waals surface area (Å²) in [6.07, 6.45) is 5.48. The molecule has 0 saturated carbocycles. The number of carboxylic acid groups (broad SMARTS) is 1. The van der Waals surface area contributed by atoms with Crippen LogP contribution in [0.2, 0.25) is 0 Å². The van der Waals surface area contributed by atoms with Gasteiger partial charge in [0.1, 0.15) is 29.3 Å². The monoisotopic (exact) mass is 760 g/mol. The van der Waals surface area contributed by atoms with E-state index in [1.807, 2.05) is 165 Å². The second kappa shape index (κ2) is 22.2. The molecule has 0 bridgehead atoms. The topological polar surface area (TPSA) is 91.3 Å². The summed E-state index contributed by atoms with van der Waals surface area (Å²) in [5, 5.41) is 9.76. The standard InChI is InChI=1S/C24H28O3.C21H24O3.C4H8O/c1-6-17-26-23(25)22(21(7-2)18-11-9-8-10-12-18)19-13-15-20(16-14-19)27-24(3,4)5;1-5-18(15-9-7-6-8-10-15)19(20(22)23)16-11-13-17(14-12-16)24-21(2,3)4;1-2-4-5-3-1/h6,8-16H,1,7,17H2,2-5H3;6-14H,5H2,1-4H3,(H,22,23);1-4H2. The Hall–Kier alpha value is -5.40. The Morgan fingerprint density at radius 3 is 1.34 bits per heavy atom. The van der Waals surface area contributed by atoms with E-state index >= 15 is 0 Å². The predicted octanol–water partition coefficient (Wildman–Crippen LogP) is 12.0. The van der Waals surface area contributed by atoms with E-state index in [4.69, 9.17) is 18.9 Å². The fourth-order valence-corrected chi connectivity index (χ4v) is 5.97. The minimum atomic E-state index is -0.916.